The summed E-state index contributed by atoms with van der Waals surface area (Å²) in [5.41, 5.74) is 5.17. The lowest BCUT2D eigenvalue weighted by molar-refractivity contribution is -0.132. The molecule has 1 saturated heterocycles. The second kappa shape index (κ2) is 10.9. The molecular weight excluding hydrogens is 528 g/mol. The van der Waals surface area contributed by atoms with Crippen LogP contribution in [0, 0.1) is 13.8 Å². The summed E-state index contributed by atoms with van der Waals surface area (Å²) in [4.78, 5) is 32.3. The number of carbonyl (C=O) groups is 2. The van der Waals surface area contributed by atoms with Gasteiger partial charge in [0.05, 0.1) is 18.7 Å². The highest BCUT2D eigenvalue weighted by atomic mass is 16.5. The van der Waals surface area contributed by atoms with Gasteiger partial charge in [0.2, 0.25) is 0 Å². The minimum Gasteiger partial charge on any atom is -0.507 e. The molecule has 1 aromatic heterocycles. The number of methoxy groups -OCH3 is 1. The fourth-order valence-corrected chi connectivity index (χ4v) is 5.63. The molecule has 1 unspecified atom stereocenters. The van der Waals surface area contributed by atoms with Gasteiger partial charge in [-0.3, -0.25) is 14.5 Å². The zero-order valence-electron chi connectivity index (χ0n) is 23.5. The smallest absolute Gasteiger partial charge is 0.300 e. The number of ketones is 1. The molecule has 210 valence electrons. The maximum Gasteiger partial charge on any atom is 0.300 e. The Labute approximate surface area is 243 Å². The lowest BCUT2D eigenvalue weighted by atomic mass is 9.92. The number of hydrogen-bond donors (Lipinski definition) is 2. The largest absolute Gasteiger partial charge is 0.507 e. The van der Waals surface area contributed by atoms with Crippen LogP contribution in [-0.4, -0.2) is 28.9 Å². The maximum absolute atomic E-state index is 13.7. The fraction of sp³-hybridized carbons (Fsp3) is 0.143. The number of nitrogens with zero attached hydrogens (tertiary/aromatic N) is 1. The number of aromatic amines is 1. The number of carbonyl (C=O) groups excluding carboxylic acids is 2. The number of aliphatic hydroxyl groups is 1. The summed E-state index contributed by atoms with van der Waals surface area (Å²) >= 11 is 0. The summed E-state index contributed by atoms with van der Waals surface area (Å²) in [5.74, 6) is -0.515. The van der Waals surface area contributed by atoms with E-state index in [2.05, 4.69) is 4.98 Å². The lowest BCUT2D eigenvalue weighted by Crippen LogP contribution is -2.29. The first-order valence-corrected chi connectivity index (χ1v) is 13.7. The van der Waals surface area contributed by atoms with Gasteiger partial charge < -0.3 is 19.6 Å². The van der Waals surface area contributed by atoms with E-state index in [4.69, 9.17) is 9.47 Å². The molecule has 1 fully saturated rings. The van der Waals surface area contributed by atoms with E-state index in [0.717, 1.165) is 33.3 Å². The van der Waals surface area contributed by atoms with Crippen molar-refractivity contribution in [1.29, 1.82) is 0 Å². The van der Waals surface area contributed by atoms with E-state index < -0.39 is 17.7 Å². The first kappa shape index (κ1) is 26.9. The Morgan fingerprint density at radius 1 is 0.905 bits per heavy atom. The van der Waals surface area contributed by atoms with Crippen LogP contribution in [0.3, 0.4) is 0 Å². The van der Waals surface area contributed by atoms with Crippen LogP contribution < -0.4 is 14.4 Å². The van der Waals surface area contributed by atoms with E-state index in [-0.39, 0.29) is 11.3 Å². The number of amides is 1. The van der Waals surface area contributed by atoms with E-state index >= 15 is 0 Å². The molecular formula is C35H30N2O5. The first-order chi connectivity index (χ1) is 20.4. The van der Waals surface area contributed by atoms with Gasteiger partial charge in [-0.15, -0.1) is 0 Å². The van der Waals surface area contributed by atoms with Crippen LogP contribution in [0.1, 0.15) is 34.0 Å². The third-order valence-corrected chi connectivity index (χ3v) is 7.68. The zero-order chi connectivity index (χ0) is 29.4. The van der Waals surface area contributed by atoms with E-state index in [1.807, 2.05) is 68.4 Å². The van der Waals surface area contributed by atoms with Gasteiger partial charge in [0, 0.05) is 39.5 Å². The van der Waals surface area contributed by atoms with Crippen LogP contribution in [0.4, 0.5) is 5.69 Å². The minimum absolute atomic E-state index is 0.0213. The Bertz CT molecular complexity index is 1850. The molecule has 42 heavy (non-hydrogen) atoms. The van der Waals surface area contributed by atoms with Crippen LogP contribution in [0.15, 0.2) is 103 Å². The van der Waals surface area contributed by atoms with Crippen molar-refractivity contribution in [2.75, 3.05) is 12.0 Å². The minimum atomic E-state index is -0.873. The second-order valence-corrected chi connectivity index (χ2v) is 10.3. The fourth-order valence-electron chi connectivity index (χ4n) is 5.63. The molecule has 2 heterocycles. The van der Waals surface area contributed by atoms with Crippen LogP contribution in [0.5, 0.6) is 11.5 Å². The number of para-hydroxylation sites is 1. The topological polar surface area (TPSA) is 91.9 Å². The Morgan fingerprint density at radius 3 is 2.43 bits per heavy atom. The average Bonchev–Trinajstić information content (AvgIpc) is 3.48. The Balaban J connectivity index is 1.48. The van der Waals surface area contributed by atoms with Crippen molar-refractivity contribution in [1.82, 2.24) is 4.98 Å². The predicted molar refractivity (Wildman–Crippen MR) is 163 cm³/mol. The van der Waals surface area contributed by atoms with E-state index in [1.54, 1.807) is 49.6 Å². The molecule has 2 N–H and O–H groups in total. The molecule has 1 amide bonds. The predicted octanol–water partition coefficient (Wildman–Crippen LogP) is 7.00. The molecule has 6 rings (SSSR count). The Morgan fingerprint density at radius 2 is 1.67 bits per heavy atom. The van der Waals surface area contributed by atoms with E-state index in [9.17, 15) is 14.7 Å². The molecule has 5 aromatic rings. The van der Waals surface area contributed by atoms with Gasteiger partial charge in [-0.2, -0.15) is 0 Å². The zero-order valence-corrected chi connectivity index (χ0v) is 23.5. The van der Waals surface area contributed by atoms with Crippen molar-refractivity contribution in [3.8, 4) is 11.5 Å². The van der Waals surface area contributed by atoms with Gasteiger partial charge in [0.1, 0.15) is 23.9 Å². The summed E-state index contributed by atoms with van der Waals surface area (Å²) < 4.78 is 11.4. The van der Waals surface area contributed by atoms with Gasteiger partial charge in [0.25, 0.3) is 11.7 Å². The molecule has 1 aliphatic rings. The van der Waals surface area contributed by atoms with Crippen molar-refractivity contribution < 1.29 is 24.2 Å². The van der Waals surface area contributed by atoms with Gasteiger partial charge in [-0.25, -0.2) is 0 Å². The van der Waals surface area contributed by atoms with Crippen molar-refractivity contribution in [2.24, 2.45) is 0 Å². The number of aromatic nitrogens is 1. The van der Waals surface area contributed by atoms with Crippen LogP contribution >= 0.6 is 0 Å². The van der Waals surface area contributed by atoms with Gasteiger partial charge in [-0.1, -0.05) is 54.6 Å². The van der Waals surface area contributed by atoms with Crippen molar-refractivity contribution in [2.45, 2.75) is 26.5 Å². The lowest BCUT2D eigenvalue weighted by Gasteiger charge is -2.26. The third-order valence-electron chi connectivity index (χ3n) is 7.68. The molecule has 0 saturated carbocycles. The Kier molecular flexibility index (Phi) is 7.00. The molecule has 7 heteroatoms. The summed E-state index contributed by atoms with van der Waals surface area (Å²) in [7, 11) is 1.55. The molecule has 1 aliphatic heterocycles. The second-order valence-electron chi connectivity index (χ2n) is 10.3. The molecule has 0 aliphatic carbocycles. The molecule has 0 bridgehead atoms. The monoisotopic (exact) mass is 558 g/mol. The molecule has 0 radical (unpaired) electrons. The number of benzene rings is 4. The van der Waals surface area contributed by atoms with Gasteiger partial charge in [-0.05, 0) is 61.4 Å². The van der Waals surface area contributed by atoms with Gasteiger partial charge >= 0.3 is 0 Å². The number of ether oxygens (including phenoxy) is 2. The summed E-state index contributed by atoms with van der Waals surface area (Å²) in [5, 5.41) is 12.6. The van der Waals surface area contributed by atoms with E-state index in [0.29, 0.717) is 29.4 Å². The number of hydrogen-bond acceptors (Lipinski definition) is 5. The van der Waals surface area contributed by atoms with Gasteiger partial charge in [0.15, 0.2) is 0 Å². The maximum atomic E-state index is 13.7. The molecule has 4 aromatic carbocycles. The van der Waals surface area contributed by atoms with Crippen LogP contribution in [0.25, 0.3) is 16.7 Å². The molecule has 7 nitrogen and oxygen atoms in total. The number of rotatable bonds is 7. The van der Waals surface area contributed by atoms with Crippen LogP contribution in [-0.2, 0) is 16.2 Å². The van der Waals surface area contributed by atoms with E-state index in [1.165, 1.54) is 4.90 Å². The number of Topliss-reactive ketones (excluding diaryl/α,β-unsaturated/α-hetero) is 1. The van der Waals surface area contributed by atoms with Crippen molar-refractivity contribution in [3.63, 3.8) is 0 Å². The highest BCUT2D eigenvalue weighted by Gasteiger charge is 2.48. The standard InChI is InChI=1S/C35H30N2O5/c1-21-18-24(16-17-29(21)42-20-23-10-5-4-6-11-23)33(38)31-32(30-22(2)36-28-15-8-7-14-27(28)30)37(35(40)34(31)39)25-12-9-13-26(19-25)41-3/h4-19,32,36,38H,20H2,1-3H3/b33-31+. The Hall–Kier alpha value is -5.30. The number of anilines is 1. The van der Waals surface area contributed by atoms with Crippen molar-refractivity contribution >= 4 is 34.0 Å². The first-order valence-electron chi connectivity index (χ1n) is 13.7. The highest BCUT2D eigenvalue weighted by Crippen LogP contribution is 2.46. The highest BCUT2D eigenvalue weighted by molar-refractivity contribution is 6.52. The molecule has 1 atom stereocenters. The normalized spacial score (nSPS) is 16.3. The van der Waals surface area contributed by atoms with Crippen molar-refractivity contribution in [3.05, 3.63) is 131 Å². The number of aryl methyl sites for hydroxylation is 2. The number of nitrogens with one attached hydrogen (secondary N) is 1. The third kappa shape index (κ3) is 4.69. The van der Waals surface area contributed by atoms with Crippen LogP contribution in [0.2, 0.25) is 0 Å². The SMILES string of the molecule is COc1cccc(N2C(=O)C(=O)/C(=C(/O)c3ccc(OCc4ccccc4)c(C)c3)C2c2c(C)[nH]c3ccccc23)c1. The molecule has 0 spiro atoms. The summed E-state index contributed by atoms with van der Waals surface area (Å²) in [6.07, 6.45) is 0. The summed E-state index contributed by atoms with van der Waals surface area (Å²) in [6.45, 7) is 4.19. The number of fused-ring (bicyclic) bond motifs is 1. The number of aliphatic hydroxyl groups excluding tert-OH is 1. The average molecular weight is 559 g/mol. The number of H-pyrrole nitrogens is 1. The summed E-state index contributed by atoms with van der Waals surface area (Å²) in [6, 6.07) is 29.0. The quantitative estimate of drug-likeness (QED) is 0.128.